The molecule has 1 atom stereocenters. The highest BCUT2D eigenvalue weighted by Gasteiger charge is 2.38. The summed E-state index contributed by atoms with van der Waals surface area (Å²) < 4.78 is 0.782. The summed E-state index contributed by atoms with van der Waals surface area (Å²) in [4.78, 5) is 26.0. The quantitative estimate of drug-likeness (QED) is 0.930. The maximum Gasteiger partial charge on any atom is 0.324 e. The number of urea groups is 1. The van der Waals surface area contributed by atoms with Crippen LogP contribution < -0.4 is 4.90 Å². The van der Waals surface area contributed by atoms with Crippen LogP contribution in [0.25, 0.3) is 0 Å². The van der Waals surface area contributed by atoms with Crippen molar-refractivity contribution in [3.05, 3.63) is 28.7 Å². The summed E-state index contributed by atoms with van der Waals surface area (Å²) in [5.74, 6) is -0.903. The predicted molar refractivity (Wildman–Crippen MR) is 70.7 cm³/mol. The molecular weight excluding hydrogens is 300 g/mol. The van der Waals surface area contributed by atoms with E-state index in [1.807, 2.05) is 18.2 Å². The number of benzene rings is 1. The molecule has 6 heteroatoms. The Morgan fingerprint density at radius 1 is 1.50 bits per heavy atom. The molecule has 0 saturated carbocycles. The summed E-state index contributed by atoms with van der Waals surface area (Å²) in [6.07, 6.45) is -0.0581. The molecule has 1 saturated heterocycles. The summed E-state index contributed by atoms with van der Waals surface area (Å²) in [5, 5.41) is 8.91. The van der Waals surface area contributed by atoms with Crippen LogP contribution in [0.3, 0.4) is 0 Å². The zero-order valence-corrected chi connectivity index (χ0v) is 11.4. The second kappa shape index (κ2) is 4.97. The summed E-state index contributed by atoms with van der Waals surface area (Å²) in [6, 6.07) is 6.80. The van der Waals surface area contributed by atoms with Crippen LogP contribution >= 0.6 is 15.9 Å². The third-order valence-electron chi connectivity index (χ3n) is 2.90. The zero-order chi connectivity index (χ0) is 13.3. The first-order valence-corrected chi connectivity index (χ1v) is 6.30. The lowest BCUT2D eigenvalue weighted by molar-refractivity contribution is -0.137. The Bertz CT molecular complexity index is 492. The number of carboxylic acid groups (broad SMARTS) is 1. The number of likely N-dealkylation sites (N-methyl/N-ethyl adjacent to an activating group) is 1. The van der Waals surface area contributed by atoms with E-state index < -0.39 is 5.97 Å². The first kappa shape index (κ1) is 12.9. The van der Waals surface area contributed by atoms with E-state index in [4.69, 9.17) is 5.11 Å². The number of halogens is 1. The smallest absolute Gasteiger partial charge is 0.324 e. The van der Waals surface area contributed by atoms with Crippen molar-refractivity contribution in [1.29, 1.82) is 0 Å². The molecule has 0 aromatic heterocycles. The molecule has 1 N–H and O–H groups in total. The predicted octanol–water partition coefficient (Wildman–Crippen LogP) is 2.16. The van der Waals surface area contributed by atoms with Gasteiger partial charge in [-0.15, -0.1) is 0 Å². The number of hydrogen-bond donors (Lipinski definition) is 1. The van der Waals surface area contributed by atoms with Crippen molar-refractivity contribution >= 4 is 33.6 Å². The number of aliphatic carboxylic acids is 1. The van der Waals surface area contributed by atoms with Gasteiger partial charge in [-0.1, -0.05) is 12.1 Å². The number of rotatable bonds is 3. The van der Waals surface area contributed by atoms with E-state index in [1.54, 1.807) is 13.1 Å². The number of anilines is 1. The van der Waals surface area contributed by atoms with E-state index in [0.717, 1.165) is 4.47 Å². The molecule has 1 aromatic carbocycles. The van der Waals surface area contributed by atoms with Crippen LogP contribution in [0.1, 0.15) is 6.42 Å². The highest BCUT2D eigenvalue weighted by atomic mass is 79.9. The molecule has 0 spiro atoms. The van der Waals surface area contributed by atoms with E-state index in [9.17, 15) is 9.59 Å². The molecule has 18 heavy (non-hydrogen) atoms. The van der Waals surface area contributed by atoms with Crippen molar-refractivity contribution in [3.8, 4) is 0 Å². The average Bonchev–Trinajstić information content (AvgIpc) is 2.55. The van der Waals surface area contributed by atoms with Crippen LogP contribution in [-0.4, -0.2) is 41.6 Å². The summed E-state index contributed by atoms with van der Waals surface area (Å²) in [7, 11) is 1.67. The molecular formula is C12H13BrN2O3. The van der Waals surface area contributed by atoms with Crippen molar-refractivity contribution < 1.29 is 14.7 Å². The van der Waals surface area contributed by atoms with Gasteiger partial charge in [0.2, 0.25) is 0 Å². The van der Waals surface area contributed by atoms with Crippen molar-refractivity contribution in [2.45, 2.75) is 12.5 Å². The van der Waals surface area contributed by atoms with Crippen molar-refractivity contribution in [1.82, 2.24) is 4.90 Å². The molecule has 2 amide bonds. The fourth-order valence-corrected chi connectivity index (χ4v) is 2.60. The lowest BCUT2D eigenvalue weighted by Crippen LogP contribution is -2.36. The second-order valence-electron chi connectivity index (χ2n) is 4.24. The molecule has 0 aliphatic carbocycles. The Kier molecular flexibility index (Phi) is 3.56. The summed E-state index contributed by atoms with van der Waals surface area (Å²) >= 11 is 3.39. The van der Waals surface area contributed by atoms with Crippen LogP contribution in [-0.2, 0) is 4.79 Å². The monoisotopic (exact) mass is 312 g/mol. The van der Waals surface area contributed by atoms with Gasteiger partial charge >= 0.3 is 12.0 Å². The third kappa shape index (κ3) is 2.33. The number of nitrogens with zero attached hydrogens (tertiary/aromatic N) is 2. The molecule has 2 rings (SSSR count). The number of carbonyl (C=O) groups excluding carboxylic acids is 1. The lowest BCUT2D eigenvalue weighted by Gasteiger charge is -2.23. The highest BCUT2D eigenvalue weighted by molar-refractivity contribution is 9.10. The fourth-order valence-electron chi connectivity index (χ4n) is 2.12. The Morgan fingerprint density at radius 2 is 2.17 bits per heavy atom. The van der Waals surface area contributed by atoms with Gasteiger partial charge in [0.15, 0.2) is 0 Å². The molecule has 1 aliphatic heterocycles. The van der Waals surface area contributed by atoms with Crippen LogP contribution in [0.5, 0.6) is 0 Å². The highest BCUT2D eigenvalue weighted by Crippen LogP contribution is 2.31. The van der Waals surface area contributed by atoms with E-state index in [2.05, 4.69) is 15.9 Å². The van der Waals surface area contributed by atoms with E-state index >= 15 is 0 Å². The lowest BCUT2D eigenvalue weighted by atomic mass is 10.2. The molecule has 1 heterocycles. The number of para-hydroxylation sites is 1. The Morgan fingerprint density at radius 3 is 2.78 bits per heavy atom. The molecule has 0 bridgehead atoms. The fraction of sp³-hybridized carbons (Fsp3) is 0.333. The van der Waals surface area contributed by atoms with Gasteiger partial charge in [-0.3, -0.25) is 9.69 Å². The van der Waals surface area contributed by atoms with Gasteiger partial charge in [0.25, 0.3) is 0 Å². The topological polar surface area (TPSA) is 60.9 Å². The summed E-state index contributed by atoms with van der Waals surface area (Å²) in [5.41, 5.74) is 0.707. The SMILES string of the molecule is CN1CC(CC(=O)O)N(c2ccccc2Br)C1=O. The van der Waals surface area contributed by atoms with Crippen molar-refractivity contribution in [2.24, 2.45) is 0 Å². The molecule has 1 aliphatic rings. The van der Waals surface area contributed by atoms with E-state index in [-0.39, 0.29) is 18.5 Å². The van der Waals surface area contributed by atoms with E-state index in [0.29, 0.717) is 12.2 Å². The van der Waals surface area contributed by atoms with Gasteiger partial charge in [-0.05, 0) is 28.1 Å². The molecule has 1 unspecified atom stereocenters. The van der Waals surface area contributed by atoms with Gasteiger partial charge in [0.1, 0.15) is 0 Å². The minimum Gasteiger partial charge on any atom is -0.481 e. The number of amides is 2. The van der Waals surface area contributed by atoms with Crippen LogP contribution in [0.2, 0.25) is 0 Å². The van der Waals surface area contributed by atoms with Crippen molar-refractivity contribution in [3.63, 3.8) is 0 Å². The van der Waals surface area contributed by atoms with Crippen molar-refractivity contribution in [2.75, 3.05) is 18.5 Å². The third-order valence-corrected chi connectivity index (χ3v) is 3.58. The van der Waals surface area contributed by atoms with Crippen LogP contribution in [0.15, 0.2) is 28.7 Å². The van der Waals surface area contributed by atoms with Gasteiger partial charge in [-0.2, -0.15) is 0 Å². The molecule has 1 fully saturated rings. The molecule has 1 aromatic rings. The van der Waals surface area contributed by atoms with Crippen LogP contribution in [0.4, 0.5) is 10.5 Å². The molecule has 96 valence electrons. The minimum atomic E-state index is -0.903. The van der Waals surface area contributed by atoms with Gasteiger partial charge in [0.05, 0.1) is 18.2 Å². The minimum absolute atomic E-state index is 0.0581. The molecule has 5 nitrogen and oxygen atoms in total. The molecule has 0 radical (unpaired) electrons. The average molecular weight is 313 g/mol. The van der Waals surface area contributed by atoms with E-state index in [1.165, 1.54) is 9.80 Å². The first-order valence-electron chi connectivity index (χ1n) is 5.51. The Labute approximate surface area is 113 Å². The van der Waals surface area contributed by atoms with Gasteiger partial charge in [0, 0.05) is 18.1 Å². The zero-order valence-electron chi connectivity index (χ0n) is 9.84. The maximum absolute atomic E-state index is 12.1. The summed E-state index contributed by atoms with van der Waals surface area (Å²) in [6.45, 7) is 0.423. The normalized spacial score (nSPS) is 19.4. The standard InChI is InChI=1S/C12H13BrN2O3/c1-14-7-8(6-11(16)17)15(12(14)18)10-5-3-2-4-9(10)13/h2-5,8H,6-7H2,1H3,(H,16,17). The maximum atomic E-state index is 12.1. The number of carbonyl (C=O) groups is 2. The van der Waals surface area contributed by atoms with Gasteiger partial charge < -0.3 is 10.0 Å². The number of hydrogen-bond acceptors (Lipinski definition) is 2. The Balaban J connectivity index is 2.36. The second-order valence-corrected chi connectivity index (χ2v) is 5.09. The van der Waals surface area contributed by atoms with Gasteiger partial charge in [-0.25, -0.2) is 4.79 Å². The first-order chi connectivity index (χ1) is 8.50. The van der Waals surface area contributed by atoms with Crippen LogP contribution in [0, 0.1) is 0 Å². The largest absolute Gasteiger partial charge is 0.481 e. The number of carboxylic acids is 1. The Hall–Kier alpha value is -1.56.